The minimum atomic E-state index is -0.697. The number of nitrogens with zero attached hydrogens (tertiary/aromatic N) is 1. The smallest absolute Gasteiger partial charge is 0.188 e. The molecule has 4 nitrogen and oxygen atoms in total. The van der Waals surface area contributed by atoms with Gasteiger partial charge in [-0.2, -0.15) is 0 Å². The first-order valence-corrected chi connectivity index (χ1v) is 8.69. The molecular weight excluding hydrogens is 302 g/mol. The van der Waals surface area contributed by atoms with Crippen LogP contribution in [-0.4, -0.2) is 43.0 Å². The van der Waals surface area contributed by atoms with Crippen molar-refractivity contribution in [2.24, 2.45) is 0 Å². The predicted octanol–water partition coefficient (Wildman–Crippen LogP) is 3.27. The lowest BCUT2D eigenvalue weighted by molar-refractivity contribution is -0.0492. The van der Waals surface area contributed by atoms with E-state index in [2.05, 4.69) is 36.2 Å². The van der Waals surface area contributed by atoms with Gasteiger partial charge in [0.25, 0.3) is 0 Å². The molecule has 4 rings (SSSR count). The molecule has 2 aromatic carbocycles. The first-order valence-electron chi connectivity index (χ1n) is 8.69. The molecule has 24 heavy (non-hydrogen) atoms. The number of piperidine rings is 1. The summed E-state index contributed by atoms with van der Waals surface area (Å²) in [6, 6.07) is 13.3. The van der Waals surface area contributed by atoms with Crippen LogP contribution >= 0.6 is 0 Å². The van der Waals surface area contributed by atoms with Gasteiger partial charge in [-0.15, -0.1) is 0 Å². The zero-order chi connectivity index (χ0) is 16.7. The third-order valence-electron chi connectivity index (χ3n) is 5.82. The van der Waals surface area contributed by atoms with Crippen molar-refractivity contribution < 1.29 is 14.6 Å². The fourth-order valence-electron chi connectivity index (χ4n) is 4.41. The topological polar surface area (TPSA) is 41.9 Å². The van der Waals surface area contributed by atoms with Crippen molar-refractivity contribution in [3.63, 3.8) is 0 Å². The highest BCUT2D eigenvalue weighted by Crippen LogP contribution is 2.45. The molecule has 2 heterocycles. The molecule has 0 spiro atoms. The van der Waals surface area contributed by atoms with Gasteiger partial charge >= 0.3 is 0 Å². The fourth-order valence-corrected chi connectivity index (χ4v) is 4.41. The lowest BCUT2D eigenvalue weighted by Crippen LogP contribution is -2.47. The maximum absolute atomic E-state index is 11.3. The highest BCUT2D eigenvalue weighted by Gasteiger charge is 2.46. The summed E-state index contributed by atoms with van der Waals surface area (Å²) in [6.07, 6.45) is 4.08. The van der Waals surface area contributed by atoms with Gasteiger partial charge in [0.2, 0.25) is 0 Å². The van der Waals surface area contributed by atoms with Crippen LogP contribution in [0.1, 0.15) is 31.2 Å². The Morgan fingerprint density at radius 1 is 1.08 bits per heavy atom. The Morgan fingerprint density at radius 3 is 2.46 bits per heavy atom. The van der Waals surface area contributed by atoms with Gasteiger partial charge < -0.3 is 19.5 Å². The van der Waals surface area contributed by atoms with Gasteiger partial charge in [0, 0.05) is 19.2 Å². The van der Waals surface area contributed by atoms with Crippen molar-refractivity contribution in [1.29, 1.82) is 0 Å². The van der Waals surface area contributed by atoms with Crippen molar-refractivity contribution in [3.05, 3.63) is 42.0 Å². The molecule has 2 unspecified atom stereocenters. The maximum atomic E-state index is 11.3. The highest BCUT2D eigenvalue weighted by atomic mass is 16.7. The van der Waals surface area contributed by atoms with Crippen LogP contribution in [0.25, 0.3) is 10.8 Å². The van der Waals surface area contributed by atoms with Crippen LogP contribution in [0.4, 0.5) is 0 Å². The molecule has 1 N–H and O–H groups in total. The molecule has 0 saturated carbocycles. The quantitative estimate of drug-likeness (QED) is 0.875. The lowest BCUT2D eigenvalue weighted by Gasteiger charge is -2.42. The number of benzene rings is 2. The van der Waals surface area contributed by atoms with Crippen molar-refractivity contribution in [3.8, 4) is 5.75 Å². The van der Waals surface area contributed by atoms with Gasteiger partial charge in [-0.1, -0.05) is 18.2 Å². The normalized spacial score (nSPS) is 30.0. The minimum Gasteiger partial charge on any atom is -0.468 e. The summed E-state index contributed by atoms with van der Waals surface area (Å²) < 4.78 is 10.4. The second-order valence-corrected chi connectivity index (χ2v) is 7.26. The van der Waals surface area contributed by atoms with E-state index in [0.717, 1.165) is 34.9 Å². The first-order chi connectivity index (χ1) is 11.6. The molecule has 0 aromatic heterocycles. The van der Waals surface area contributed by atoms with Crippen LogP contribution < -0.4 is 4.74 Å². The van der Waals surface area contributed by atoms with Crippen molar-refractivity contribution in [2.75, 3.05) is 21.0 Å². The average molecular weight is 327 g/mol. The maximum Gasteiger partial charge on any atom is 0.188 e. The van der Waals surface area contributed by atoms with E-state index >= 15 is 0 Å². The molecule has 2 fully saturated rings. The average Bonchev–Trinajstić information content (AvgIpc) is 2.82. The van der Waals surface area contributed by atoms with E-state index in [1.807, 2.05) is 12.1 Å². The summed E-state index contributed by atoms with van der Waals surface area (Å²) in [5, 5.41) is 13.6. The molecule has 0 amide bonds. The predicted molar refractivity (Wildman–Crippen MR) is 94.2 cm³/mol. The largest absolute Gasteiger partial charge is 0.468 e. The standard InChI is InChI=1S/C20H25NO3/c1-21-17-6-7-18(21)12-20(22,11-17)16-5-3-15-10-19(24-13-23-2)8-4-14(15)9-16/h3-5,8-10,17-18,22H,6-7,11-13H2,1-2H3. The number of hydrogen-bond acceptors (Lipinski definition) is 4. The van der Waals surface area contributed by atoms with Gasteiger partial charge in [-0.25, -0.2) is 0 Å². The summed E-state index contributed by atoms with van der Waals surface area (Å²) in [5.74, 6) is 0.799. The Morgan fingerprint density at radius 2 is 1.75 bits per heavy atom. The summed E-state index contributed by atoms with van der Waals surface area (Å²) in [4.78, 5) is 2.45. The Balaban J connectivity index is 1.63. The van der Waals surface area contributed by atoms with Gasteiger partial charge in [0.05, 0.1) is 5.60 Å². The zero-order valence-corrected chi connectivity index (χ0v) is 14.4. The van der Waals surface area contributed by atoms with E-state index in [4.69, 9.17) is 9.47 Å². The Bertz CT molecular complexity index is 731. The van der Waals surface area contributed by atoms with Crippen molar-refractivity contribution in [1.82, 2.24) is 4.90 Å². The molecular formula is C20H25NO3. The van der Waals surface area contributed by atoms with E-state index in [9.17, 15) is 5.11 Å². The van der Waals surface area contributed by atoms with E-state index in [1.165, 1.54) is 12.8 Å². The van der Waals surface area contributed by atoms with Gasteiger partial charge in [-0.05, 0) is 67.3 Å². The number of ether oxygens (including phenoxy) is 2. The Labute approximate surface area is 143 Å². The SMILES string of the molecule is COCOc1ccc2cc(C3(O)CC4CCC(C3)N4C)ccc2c1. The zero-order valence-electron chi connectivity index (χ0n) is 14.4. The summed E-state index contributed by atoms with van der Waals surface area (Å²) >= 11 is 0. The number of rotatable bonds is 4. The van der Waals surface area contributed by atoms with Crippen molar-refractivity contribution in [2.45, 2.75) is 43.4 Å². The number of methoxy groups -OCH3 is 1. The third kappa shape index (κ3) is 2.69. The van der Waals surface area contributed by atoms with Gasteiger partial charge in [-0.3, -0.25) is 0 Å². The van der Waals surface area contributed by atoms with Crippen LogP contribution in [0.5, 0.6) is 5.75 Å². The van der Waals surface area contributed by atoms with Crippen LogP contribution in [0.3, 0.4) is 0 Å². The van der Waals surface area contributed by atoms with Crippen LogP contribution in [0.15, 0.2) is 36.4 Å². The summed E-state index contributed by atoms with van der Waals surface area (Å²) in [6.45, 7) is 0.250. The summed E-state index contributed by atoms with van der Waals surface area (Å²) in [7, 11) is 3.81. The number of aliphatic hydroxyl groups is 1. The molecule has 0 aliphatic carbocycles. The van der Waals surface area contributed by atoms with Gasteiger partial charge in [0.1, 0.15) is 5.75 Å². The first kappa shape index (κ1) is 15.9. The second kappa shape index (κ2) is 6.03. The molecule has 2 aliphatic heterocycles. The Hall–Kier alpha value is -1.62. The molecule has 0 radical (unpaired) electrons. The molecule has 2 saturated heterocycles. The number of fused-ring (bicyclic) bond motifs is 3. The summed E-state index contributed by atoms with van der Waals surface area (Å²) in [5.41, 5.74) is 0.350. The lowest BCUT2D eigenvalue weighted by atomic mass is 9.80. The molecule has 128 valence electrons. The van der Waals surface area contributed by atoms with Crippen molar-refractivity contribution >= 4 is 10.8 Å². The molecule has 2 aliphatic rings. The fraction of sp³-hybridized carbons (Fsp3) is 0.500. The second-order valence-electron chi connectivity index (χ2n) is 7.26. The molecule has 2 bridgehead atoms. The van der Waals surface area contributed by atoms with Crippen LogP contribution in [0.2, 0.25) is 0 Å². The molecule has 4 heteroatoms. The number of hydrogen-bond donors (Lipinski definition) is 1. The molecule has 2 aromatic rings. The van der Waals surface area contributed by atoms with E-state index in [0.29, 0.717) is 12.1 Å². The van der Waals surface area contributed by atoms with E-state index in [1.54, 1.807) is 7.11 Å². The van der Waals surface area contributed by atoms with E-state index in [-0.39, 0.29) is 6.79 Å². The monoisotopic (exact) mass is 327 g/mol. The van der Waals surface area contributed by atoms with Gasteiger partial charge in [0.15, 0.2) is 6.79 Å². The third-order valence-corrected chi connectivity index (χ3v) is 5.82. The van der Waals surface area contributed by atoms with E-state index < -0.39 is 5.60 Å². The van der Waals surface area contributed by atoms with Crippen LogP contribution in [-0.2, 0) is 10.3 Å². The highest BCUT2D eigenvalue weighted by molar-refractivity contribution is 5.84. The minimum absolute atomic E-state index is 0.250. The molecule has 2 atom stereocenters. The Kier molecular flexibility index (Phi) is 3.99. The van der Waals surface area contributed by atoms with Crippen LogP contribution in [0, 0.1) is 0 Å².